The highest BCUT2D eigenvalue weighted by Gasteiger charge is 2.21. The van der Waals surface area contributed by atoms with Crippen molar-refractivity contribution in [3.63, 3.8) is 0 Å². The van der Waals surface area contributed by atoms with Gasteiger partial charge in [0.25, 0.3) is 0 Å². The molecule has 0 amide bonds. The van der Waals surface area contributed by atoms with Crippen molar-refractivity contribution < 1.29 is 0 Å². The monoisotopic (exact) mass is 233 g/mol. The van der Waals surface area contributed by atoms with E-state index in [1.165, 1.54) is 11.3 Å². The van der Waals surface area contributed by atoms with E-state index < -0.39 is 0 Å². The Kier molecular flexibility index (Phi) is 3.19. The zero-order valence-electron chi connectivity index (χ0n) is 7.42. The molecule has 0 aromatic carbocycles. The molecule has 1 aliphatic rings. The summed E-state index contributed by atoms with van der Waals surface area (Å²) in [4.78, 5) is 1.35. The average Bonchev–Trinajstić information content (AvgIpc) is 2.52. The summed E-state index contributed by atoms with van der Waals surface area (Å²) >= 11 is 9.63. The van der Waals surface area contributed by atoms with Crippen LogP contribution < -0.4 is 5.32 Å². The Morgan fingerprint density at radius 2 is 2.46 bits per heavy atom. The fraction of sp³-hybridized carbons (Fsp3) is 0.556. The number of hydrogen-bond donors (Lipinski definition) is 1. The number of thiophene rings is 1. The van der Waals surface area contributed by atoms with Gasteiger partial charge in [0.1, 0.15) is 0 Å². The zero-order valence-corrected chi connectivity index (χ0v) is 9.81. The standard InChI is InChI=1S/C9H12ClNS2/c1-6-2-3-11-9(13-6)8-4-7(10)5-12-8/h4-6,9,11H,2-3H2,1H3. The summed E-state index contributed by atoms with van der Waals surface area (Å²) in [5.41, 5.74) is 0. The molecule has 0 spiro atoms. The Balaban J connectivity index is 2.08. The van der Waals surface area contributed by atoms with Gasteiger partial charge in [-0.15, -0.1) is 23.1 Å². The van der Waals surface area contributed by atoms with Gasteiger partial charge in [-0.2, -0.15) is 0 Å². The van der Waals surface area contributed by atoms with Crippen LogP contribution in [0.15, 0.2) is 11.4 Å². The first-order valence-electron chi connectivity index (χ1n) is 4.38. The normalized spacial score (nSPS) is 29.1. The summed E-state index contributed by atoms with van der Waals surface area (Å²) in [5, 5.41) is 7.57. The van der Waals surface area contributed by atoms with E-state index >= 15 is 0 Å². The largest absolute Gasteiger partial charge is 0.301 e. The number of thioether (sulfide) groups is 1. The average molecular weight is 234 g/mol. The predicted octanol–water partition coefficient (Wildman–Crippen LogP) is 3.52. The van der Waals surface area contributed by atoms with Crippen molar-refractivity contribution >= 4 is 34.7 Å². The quantitative estimate of drug-likeness (QED) is 0.797. The molecular formula is C9H12ClNS2. The molecule has 0 bridgehead atoms. The molecule has 0 aliphatic carbocycles. The summed E-state index contributed by atoms with van der Waals surface area (Å²) < 4.78 is 0. The molecule has 2 heterocycles. The lowest BCUT2D eigenvalue weighted by Crippen LogP contribution is -2.28. The summed E-state index contributed by atoms with van der Waals surface area (Å²) in [6, 6.07) is 2.06. The maximum Gasteiger partial charge on any atom is 0.0885 e. The first kappa shape index (κ1) is 9.84. The first-order chi connectivity index (χ1) is 6.25. The van der Waals surface area contributed by atoms with E-state index in [0.29, 0.717) is 5.37 Å². The van der Waals surface area contributed by atoms with Crippen molar-refractivity contribution in [3.05, 3.63) is 21.3 Å². The Morgan fingerprint density at radius 3 is 3.08 bits per heavy atom. The predicted molar refractivity (Wildman–Crippen MR) is 61.7 cm³/mol. The van der Waals surface area contributed by atoms with Crippen LogP contribution in [-0.4, -0.2) is 11.8 Å². The van der Waals surface area contributed by atoms with Gasteiger partial charge >= 0.3 is 0 Å². The maximum atomic E-state index is 5.89. The first-order valence-corrected chi connectivity index (χ1v) is 6.58. The van der Waals surface area contributed by atoms with Crippen molar-refractivity contribution in [1.29, 1.82) is 0 Å². The highest BCUT2D eigenvalue weighted by molar-refractivity contribution is 8.00. The Labute approximate surface area is 91.9 Å². The lowest BCUT2D eigenvalue weighted by atomic mass is 10.3. The van der Waals surface area contributed by atoms with Gasteiger partial charge in [0, 0.05) is 15.5 Å². The van der Waals surface area contributed by atoms with E-state index in [0.717, 1.165) is 16.8 Å². The van der Waals surface area contributed by atoms with Crippen LogP contribution >= 0.6 is 34.7 Å². The fourth-order valence-electron chi connectivity index (χ4n) is 1.40. The van der Waals surface area contributed by atoms with Gasteiger partial charge < -0.3 is 5.32 Å². The lowest BCUT2D eigenvalue weighted by Gasteiger charge is -2.26. The summed E-state index contributed by atoms with van der Waals surface area (Å²) in [7, 11) is 0. The van der Waals surface area contributed by atoms with Crippen LogP contribution in [0.4, 0.5) is 0 Å². The molecule has 1 nitrogen and oxygen atoms in total. The smallest absolute Gasteiger partial charge is 0.0885 e. The molecule has 0 radical (unpaired) electrons. The molecule has 1 aromatic heterocycles. The second-order valence-corrected chi connectivity index (χ2v) is 6.16. The van der Waals surface area contributed by atoms with E-state index in [1.807, 2.05) is 17.1 Å². The van der Waals surface area contributed by atoms with Crippen molar-refractivity contribution in [1.82, 2.24) is 5.32 Å². The summed E-state index contributed by atoms with van der Waals surface area (Å²) in [5.74, 6) is 0. The molecule has 2 atom stereocenters. The van der Waals surface area contributed by atoms with Crippen molar-refractivity contribution in [2.24, 2.45) is 0 Å². The van der Waals surface area contributed by atoms with Gasteiger partial charge in [0.15, 0.2) is 0 Å². The molecule has 72 valence electrons. The molecular weight excluding hydrogens is 222 g/mol. The number of rotatable bonds is 1. The van der Waals surface area contributed by atoms with Crippen molar-refractivity contribution in [3.8, 4) is 0 Å². The Morgan fingerprint density at radius 1 is 1.62 bits per heavy atom. The van der Waals surface area contributed by atoms with E-state index in [1.54, 1.807) is 11.3 Å². The lowest BCUT2D eigenvalue weighted by molar-refractivity contribution is 0.610. The molecule has 13 heavy (non-hydrogen) atoms. The Bertz CT molecular complexity index is 287. The van der Waals surface area contributed by atoms with E-state index in [2.05, 4.69) is 18.3 Å². The van der Waals surface area contributed by atoms with Gasteiger partial charge in [-0.05, 0) is 19.0 Å². The van der Waals surface area contributed by atoms with Crippen molar-refractivity contribution in [2.75, 3.05) is 6.54 Å². The van der Waals surface area contributed by atoms with Gasteiger partial charge in [0.05, 0.1) is 10.4 Å². The van der Waals surface area contributed by atoms with E-state index in [4.69, 9.17) is 11.6 Å². The van der Waals surface area contributed by atoms with Crippen LogP contribution in [0.2, 0.25) is 5.02 Å². The van der Waals surface area contributed by atoms with Crippen LogP contribution in [0, 0.1) is 0 Å². The molecule has 4 heteroatoms. The topological polar surface area (TPSA) is 12.0 Å². The Hall–Kier alpha value is 0.300. The third kappa shape index (κ3) is 2.40. The molecule has 2 rings (SSSR count). The SMILES string of the molecule is CC1CCNC(c2cc(Cl)cs2)S1. The highest BCUT2D eigenvalue weighted by Crippen LogP contribution is 2.37. The minimum Gasteiger partial charge on any atom is -0.301 e. The van der Waals surface area contributed by atoms with Crippen LogP contribution in [0.5, 0.6) is 0 Å². The molecule has 1 N–H and O–H groups in total. The molecule has 2 unspecified atom stereocenters. The number of nitrogens with one attached hydrogen (secondary N) is 1. The van der Waals surface area contributed by atoms with Crippen LogP contribution in [-0.2, 0) is 0 Å². The van der Waals surface area contributed by atoms with Crippen LogP contribution in [0.3, 0.4) is 0 Å². The molecule has 1 aromatic rings. The second-order valence-electron chi connectivity index (χ2n) is 3.24. The third-order valence-corrected chi connectivity index (χ3v) is 4.98. The molecule has 1 saturated heterocycles. The highest BCUT2D eigenvalue weighted by atomic mass is 35.5. The molecule has 1 aliphatic heterocycles. The minimum absolute atomic E-state index is 0.459. The van der Waals surface area contributed by atoms with Gasteiger partial charge in [0.2, 0.25) is 0 Å². The number of halogens is 1. The van der Waals surface area contributed by atoms with Crippen molar-refractivity contribution in [2.45, 2.75) is 24.0 Å². The van der Waals surface area contributed by atoms with Gasteiger partial charge in [-0.1, -0.05) is 18.5 Å². The van der Waals surface area contributed by atoms with Crippen LogP contribution in [0.25, 0.3) is 0 Å². The van der Waals surface area contributed by atoms with Gasteiger partial charge in [-0.25, -0.2) is 0 Å². The molecule has 0 saturated carbocycles. The maximum absolute atomic E-state index is 5.89. The van der Waals surface area contributed by atoms with Crippen LogP contribution in [0.1, 0.15) is 23.6 Å². The fourth-order valence-corrected chi connectivity index (χ4v) is 3.90. The summed E-state index contributed by atoms with van der Waals surface area (Å²) in [6.07, 6.45) is 1.26. The second kappa shape index (κ2) is 4.22. The van der Waals surface area contributed by atoms with E-state index in [-0.39, 0.29) is 0 Å². The summed E-state index contributed by atoms with van der Waals surface area (Å²) in [6.45, 7) is 3.40. The minimum atomic E-state index is 0.459. The molecule has 1 fully saturated rings. The number of hydrogen-bond acceptors (Lipinski definition) is 3. The zero-order chi connectivity index (χ0) is 9.26. The van der Waals surface area contributed by atoms with E-state index in [9.17, 15) is 0 Å². The van der Waals surface area contributed by atoms with Gasteiger partial charge in [-0.3, -0.25) is 0 Å². The third-order valence-electron chi connectivity index (χ3n) is 2.10.